The topological polar surface area (TPSA) is 59.0 Å². The number of halogens is 2. The van der Waals surface area contributed by atoms with Gasteiger partial charge in [-0.25, -0.2) is 4.79 Å². The van der Waals surface area contributed by atoms with Crippen molar-refractivity contribution in [1.82, 2.24) is 0 Å². The van der Waals surface area contributed by atoms with E-state index >= 15 is 0 Å². The van der Waals surface area contributed by atoms with Gasteiger partial charge in [0.1, 0.15) is 5.69 Å². The molecule has 80 valence electrons. The van der Waals surface area contributed by atoms with Gasteiger partial charge in [0.2, 0.25) is 12.3 Å². The molecule has 0 radical (unpaired) electrons. The zero-order valence-electron chi connectivity index (χ0n) is 6.94. The first-order valence-electron chi connectivity index (χ1n) is 3.63. The fourth-order valence-electron chi connectivity index (χ4n) is 0.983. The minimum Gasteiger partial charge on any atom is -0.478 e. The molecule has 1 fully saturated rings. The first-order chi connectivity index (χ1) is 7.09. The summed E-state index contributed by atoms with van der Waals surface area (Å²) in [6, 6.07) is 2.59. The highest BCUT2D eigenvalue weighted by Gasteiger charge is 2.25. The van der Waals surface area contributed by atoms with Crippen LogP contribution in [0, 0.1) is 0 Å². The number of nitrogens with zero attached hydrogens (tertiary/aromatic N) is 1. The van der Waals surface area contributed by atoms with Crippen LogP contribution in [0.25, 0.3) is 0 Å². The number of aromatic carboxylic acids is 1. The fourth-order valence-corrected chi connectivity index (χ4v) is 1.80. The van der Waals surface area contributed by atoms with Crippen LogP contribution in [0.1, 0.15) is 10.4 Å². The van der Waals surface area contributed by atoms with Crippen LogP contribution in [0.15, 0.2) is 12.1 Å². The van der Waals surface area contributed by atoms with Crippen molar-refractivity contribution >= 4 is 47.2 Å². The van der Waals surface area contributed by atoms with Crippen molar-refractivity contribution in [3.63, 3.8) is 0 Å². The van der Waals surface area contributed by atoms with Crippen molar-refractivity contribution in [2.45, 2.75) is 0 Å². The molecule has 1 aromatic carbocycles. The Labute approximate surface area is 98.8 Å². The highest BCUT2D eigenvalue weighted by atomic mass is 35.5. The first kappa shape index (κ1) is 10.8. The molecule has 8 heteroatoms. The number of carbonyl (C=O) groups is 1. The summed E-state index contributed by atoms with van der Waals surface area (Å²) in [6.45, 7) is 0. The Bertz CT molecular complexity index is 424. The lowest BCUT2D eigenvalue weighted by Crippen LogP contribution is -2.27. The molecule has 0 aromatic heterocycles. The molecular formula is C7H3Cl2NO4S. The van der Waals surface area contributed by atoms with E-state index in [4.69, 9.17) is 36.9 Å². The third-order valence-electron chi connectivity index (χ3n) is 1.66. The predicted molar refractivity (Wildman–Crippen MR) is 55.7 cm³/mol. The van der Waals surface area contributed by atoms with Gasteiger partial charge in [0.05, 0.1) is 15.6 Å². The Balaban J connectivity index is 2.45. The van der Waals surface area contributed by atoms with Gasteiger partial charge in [-0.2, -0.15) is 0 Å². The lowest BCUT2D eigenvalue weighted by molar-refractivity contribution is 0.0269. The predicted octanol–water partition coefficient (Wildman–Crippen LogP) is 2.94. The Morgan fingerprint density at radius 2 is 2.00 bits per heavy atom. The summed E-state index contributed by atoms with van der Waals surface area (Å²) < 4.78 is 9.56. The Morgan fingerprint density at radius 1 is 1.33 bits per heavy atom. The largest absolute Gasteiger partial charge is 0.478 e. The normalized spacial score (nSPS) is 14.9. The standard InChI is InChI=1S/C7H3Cl2NO4S/c8-4-2-5(9)6(10-13-15-14-10)1-3(4)7(11)12/h1-2H,(H,11,12). The minimum atomic E-state index is -1.15. The molecule has 0 saturated carbocycles. The SMILES string of the molecule is O=C(O)c1cc(N2OSO2)c(Cl)cc1Cl. The van der Waals surface area contributed by atoms with Crippen LogP contribution < -0.4 is 5.23 Å². The van der Waals surface area contributed by atoms with Gasteiger partial charge in [0.15, 0.2) is 0 Å². The number of rotatable bonds is 2. The second-order valence-electron chi connectivity index (χ2n) is 2.56. The summed E-state index contributed by atoms with van der Waals surface area (Å²) in [5.41, 5.74) is 0.220. The molecule has 0 unspecified atom stereocenters. The van der Waals surface area contributed by atoms with E-state index in [1.807, 2.05) is 0 Å². The second-order valence-corrected chi connectivity index (χ2v) is 3.81. The van der Waals surface area contributed by atoms with E-state index < -0.39 is 5.97 Å². The van der Waals surface area contributed by atoms with Crippen molar-refractivity contribution in [1.29, 1.82) is 0 Å². The van der Waals surface area contributed by atoms with E-state index in [0.717, 1.165) is 17.6 Å². The lowest BCUT2D eigenvalue weighted by Gasteiger charge is -2.27. The Hall–Kier alpha value is -0.660. The van der Waals surface area contributed by atoms with Gasteiger partial charge in [-0.1, -0.05) is 28.4 Å². The summed E-state index contributed by atoms with van der Waals surface area (Å²) in [5, 5.41) is 10.1. The number of hydrogen-bond donors (Lipinski definition) is 1. The summed E-state index contributed by atoms with van der Waals surface area (Å²) in [7, 11) is 0. The average Bonchev–Trinajstić information content (AvgIpc) is 2.05. The third-order valence-corrected chi connectivity index (χ3v) is 2.67. The van der Waals surface area contributed by atoms with Crippen LogP contribution in [0.3, 0.4) is 0 Å². The second kappa shape index (κ2) is 4.07. The summed E-state index contributed by atoms with van der Waals surface area (Å²) in [5.74, 6) is -1.15. The molecule has 1 heterocycles. The molecule has 1 aromatic rings. The number of benzene rings is 1. The molecule has 1 N–H and O–H groups in total. The molecular weight excluding hydrogens is 265 g/mol. The zero-order valence-corrected chi connectivity index (χ0v) is 9.27. The molecule has 1 aliphatic rings. The van der Waals surface area contributed by atoms with E-state index in [1.54, 1.807) is 0 Å². The maximum absolute atomic E-state index is 10.8. The average molecular weight is 268 g/mol. The number of carboxylic acids is 1. The van der Waals surface area contributed by atoms with Crippen LogP contribution in [-0.2, 0) is 8.57 Å². The Kier molecular flexibility index (Phi) is 2.94. The molecule has 0 atom stereocenters. The van der Waals surface area contributed by atoms with Gasteiger partial charge >= 0.3 is 5.97 Å². The third kappa shape index (κ3) is 1.99. The molecule has 0 bridgehead atoms. The zero-order chi connectivity index (χ0) is 11.0. The maximum atomic E-state index is 10.8. The minimum absolute atomic E-state index is 0.0597. The highest BCUT2D eigenvalue weighted by molar-refractivity contribution is 7.90. The van der Waals surface area contributed by atoms with Crippen LogP contribution in [0.2, 0.25) is 10.0 Å². The van der Waals surface area contributed by atoms with E-state index in [0.29, 0.717) is 0 Å². The van der Waals surface area contributed by atoms with Crippen molar-refractivity contribution < 1.29 is 18.5 Å². The van der Waals surface area contributed by atoms with Gasteiger partial charge in [-0.15, -0.1) is 8.57 Å². The van der Waals surface area contributed by atoms with Gasteiger partial charge in [-0.3, -0.25) is 0 Å². The summed E-state index contributed by atoms with van der Waals surface area (Å²) >= 11 is 12.3. The molecule has 2 rings (SSSR count). The first-order valence-corrected chi connectivity index (χ1v) is 5.06. The molecule has 15 heavy (non-hydrogen) atoms. The van der Waals surface area contributed by atoms with E-state index in [-0.39, 0.29) is 21.3 Å². The van der Waals surface area contributed by atoms with E-state index in [9.17, 15) is 4.79 Å². The molecule has 0 aliphatic carbocycles. The lowest BCUT2D eigenvalue weighted by atomic mass is 10.2. The van der Waals surface area contributed by atoms with E-state index in [1.165, 1.54) is 12.1 Å². The molecule has 5 nitrogen and oxygen atoms in total. The molecule has 0 amide bonds. The summed E-state index contributed by atoms with van der Waals surface area (Å²) in [6.07, 6.45) is 0. The van der Waals surface area contributed by atoms with Gasteiger partial charge in [-0.05, 0) is 12.1 Å². The molecule has 1 saturated heterocycles. The maximum Gasteiger partial charge on any atom is 0.337 e. The van der Waals surface area contributed by atoms with Gasteiger partial charge < -0.3 is 5.11 Å². The molecule has 1 aliphatic heterocycles. The number of anilines is 1. The van der Waals surface area contributed by atoms with Crippen LogP contribution >= 0.6 is 35.5 Å². The van der Waals surface area contributed by atoms with Crippen LogP contribution in [0.5, 0.6) is 0 Å². The van der Waals surface area contributed by atoms with Crippen molar-refractivity contribution in [2.24, 2.45) is 0 Å². The smallest absolute Gasteiger partial charge is 0.337 e. The van der Waals surface area contributed by atoms with Gasteiger partial charge in [0.25, 0.3) is 0 Å². The van der Waals surface area contributed by atoms with Crippen molar-refractivity contribution in [2.75, 3.05) is 5.23 Å². The monoisotopic (exact) mass is 267 g/mol. The fraction of sp³-hybridized carbons (Fsp3) is 0. The van der Waals surface area contributed by atoms with Gasteiger partial charge in [0, 0.05) is 0 Å². The van der Waals surface area contributed by atoms with Crippen LogP contribution in [-0.4, -0.2) is 11.1 Å². The number of carboxylic acid groups (broad SMARTS) is 1. The molecule has 0 spiro atoms. The van der Waals surface area contributed by atoms with Crippen molar-refractivity contribution in [3.8, 4) is 0 Å². The Morgan fingerprint density at radius 3 is 2.47 bits per heavy atom. The van der Waals surface area contributed by atoms with Crippen LogP contribution in [0.4, 0.5) is 5.69 Å². The highest BCUT2D eigenvalue weighted by Crippen LogP contribution is 2.38. The summed E-state index contributed by atoms with van der Waals surface area (Å²) in [4.78, 5) is 10.8. The van der Waals surface area contributed by atoms with E-state index in [2.05, 4.69) is 0 Å². The van der Waals surface area contributed by atoms with Crippen molar-refractivity contribution in [3.05, 3.63) is 27.7 Å². The number of hydrogen-bond acceptors (Lipinski definition) is 5. The quantitative estimate of drug-likeness (QED) is 0.832.